The number of nitrogens with one attached hydrogen (secondary N) is 1. The number of pyridine rings is 1. The number of hydrogen-bond donors (Lipinski definition) is 1. The van der Waals surface area contributed by atoms with Crippen molar-refractivity contribution in [3.05, 3.63) is 42.4 Å². The minimum absolute atomic E-state index is 0.814. The molecule has 0 spiro atoms. The average Bonchev–Trinajstić information content (AvgIpc) is 3.05. The second kappa shape index (κ2) is 7.81. The number of aryl methyl sites for hydroxylation is 1. The van der Waals surface area contributed by atoms with Crippen molar-refractivity contribution in [2.24, 2.45) is 4.99 Å². The molecule has 1 aliphatic heterocycles. The fourth-order valence-corrected chi connectivity index (χ4v) is 2.89. The van der Waals surface area contributed by atoms with Crippen LogP contribution in [0.3, 0.4) is 0 Å². The third kappa shape index (κ3) is 4.04. The highest BCUT2D eigenvalue weighted by Gasteiger charge is 2.20. The van der Waals surface area contributed by atoms with Gasteiger partial charge in [-0.05, 0) is 24.6 Å². The molecule has 0 saturated carbocycles. The Bertz CT molecular complexity index is 657. The van der Waals surface area contributed by atoms with Crippen LogP contribution < -0.4 is 10.2 Å². The standard InChI is InChI=1S/C17H25N7/c1-15-13-21-24(14-15)8-7-20-17(18-2)23-11-9-22(10-12-23)16-5-3-4-6-19-16/h3-6,13-14H,7-12H2,1-2H3,(H,18,20). The lowest BCUT2D eigenvalue weighted by atomic mass is 10.3. The summed E-state index contributed by atoms with van der Waals surface area (Å²) in [6, 6.07) is 6.05. The van der Waals surface area contributed by atoms with Crippen molar-refractivity contribution in [3.8, 4) is 0 Å². The summed E-state index contributed by atoms with van der Waals surface area (Å²) in [5.41, 5.74) is 1.19. The molecule has 1 N–H and O–H groups in total. The number of piperazine rings is 1. The van der Waals surface area contributed by atoms with Crippen LogP contribution in [0.15, 0.2) is 41.8 Å². The Labute approximate surface area is 143 Å². The van der Waals surface area contributed by atoms with Crippen molar-refractivity contribution in [2.45, 2.75) is 13.5 Å². The fourth-order valence-electron chi connectivity index (χ4n) is 2.89. The number of rotatable bonds is 4. The smallest absolute Gasteiger partial charge is 0.193 e. The van der Waals surface area contributed by atoms with Crippen molar-refractivity contribution < 1.29 is 0 Å². The summed E-state index contributed by atoms with van der Waals surface area (Å²) in [6.07, 6.45) is 5.78. The molecule has 0 radical (unpaired) electrons. The van der Waals surface area contributed by atoms with Gasteiger partial charge in [-0.2, -0.15) is 5.10 Å². The van der Waals surface area contributed by atoms with Crippen LogP contribution in [0.2, 0.25) is 0 Å². The molecule has 0 atom stereocenters. The second-order valence-electron chi connectivity index (χ2n) is 5.92. The molecule has 24 heavy (non-hydrogen) atoms. The third-order valence-corrected chi connectivity index (χ3v) is 4.15. The molecule has 7 nitrogen and oxygen atoms in total. The summed E-state index contributed by atoms with van der Waals surface area (Å²) >= 11 is 0. The van der Waals surface area contributed by atoms with Gasteiger partial charge >= 0.3 is 0 Å². The topological polar surface area (TPSA) is 61.6 Å². The number of aromatic nitrogens is 3. The summed E-state index contributed by atoms with van der Waals surface area (Å²) in [4.78, 5) is 13.5. The van der Waals surface area contributed by atoms with Crippen LogP contribution in [0.4, 0.5) is 5.82 Å². The van der Waals surface area contributed by atoms with E-state index in [0.717, 1.165) is 51.0 Å². The molecule has 1 aliphatic rings. The molecule has 0 aliphatic carbocycles. The van der Waals surface area contributed by atoms with Gasteiger partial charge in [-0.25, -0.2) is 4.98 Å². The van der Waals surface area contributed by atoms with E-state index in [1.807, 2.05) is 36.3 Å². The summed E-state index contributed by atoms with van der Waals surface area (Å²) < 4.78 is 1.95. The first kappa shape index (κ1) is 16.3. The Morgan fingerprint density at radius 3 is 2.71 bits per heavy atom. The Hall–Kier alpha value is -2.57. The molecule has 1 fully saturated rings. The molecule has 0 unspecified atom stereocenters. The Morgan fingerprint density at radius 1 is 1.25 bits per heavy atom. The number of nitrogens with zero attached hydrogens (tertiary/aromatic N) is 6. The van der Waals surface area contributed by atoms with Crippen molar-refractivity contribution in [1.29, 1.82) is 0 Å². The molecule has 1 saturated heterocycles. The van der Waals surface area contributed by atoms with E-state index in [9.17, 15) is 0 Å². The van der Waals surface area contributed by atoms with Crippen LogP contribution in [0, 0.1) is 6.92 Å². The monoisotopic (exact) mass is 327 g/mol. The molecular formula is C17H25N7. The van der Waals surface area contributed by atoms with Crippen LogP contribution in [0.25, 0.3) is 0 Å². The number of anilines is 1. The van der Waals surface area contributed by atoms with Gasteiger partial charge in [-0.1, -0.05) is 6.07 Å². The van der Waals surface area contributed by atoms with E-state index in [2.05, 4.69) is 49.4 Å². The van der Waals surface area contributed by atoms with E-state index in [0.29, 0.717) is 0 Å². The highest BCUT2D eigenvalue weighted by Crippen LogP contribution is 2.12. The average molecular weight is 327 g/mol. The van der Waals surface area contributed by atoms with Gasteiger partial charge in [0, 0.05) is 52.2 Å². The molecule has 0 bridgehead atoms. The second-order valence-corrected chi connectivity index (χ2v) is 5.92. The van der Waals surface area contributed by atoms with Gasteiger partial charge in [0.15, 0.2) is 5.96 Å². The van der Waals surface area contributed by atoms with E-state index < -0.39 is 0 Å². The summed E-state index contributed by atoms with van der Waals surface area (Å²) in [5.74, 6) is 2.01. The fraction of sp³-hybridized carbons (Fsp3) is 0.471. The first-order chi connectivity index (χ1) is 11.8. The van der Waals surface area contributed by atoms with Crippen molar-refractivity contribution >= 4 is 11.8 Å². The van der Waals surface area contributed by atoms with Crippen LogP contribution in [-0.2, 0) is 6.54 Å². The highest BCUT2D eigenvalue weighted by molar-refractivity contribution is 5.80. The van der Waals surface area contributed by atoms with Gasteiger partial charge in [0.25, 0.3) is 0 Å². The maximum absolute atomic E-state index is 4.43. The highest BCUT2D eigenvalue weighted by atomic mass is 15.4. The lowest BCUT2D eigenvalue weighted by Crippen LogP contribution is -2.53. The summed E-state index contributed by atoms with van der Waals surface area (Å²) in [7, 11) is 1.84. The number of aliphatic imine (C=N–C) groups is 1. The predicted octanol–water partition coefficient (Wildman–Crippen LogP) is 0.984. The first-order valence-electron chi connectivity index (χ1n) is 8.37. The minimum Gasteiger partial charge on any atom is -0.354 e. The molecule has 0 amide bonds. The van der Waals surface area contributed by atoms with Gasteiger partial charge in [0.1, 0.15) is 5.82 Å². The zero-order valence-corrected chi connectivity index (χ0v) is 14.4. The quantitative estimate of drug-likeness (QED) is 0.670. The molecule has 0 aromatic carbocycles. The molecule has 128 valence electrons. The Balaban J connectivity index is 1.47. The van der Waals surface area contributed by atoms with Gasteiger partial charge in [-0.3, -0.25) is 9.67 Å². The SMILES string of the molecule is CN=C(NCCn1cc(C)cn1)N1CCN(c2ccccn2)CC1. The molecule has 3 heterocycles. The van der Waals surface area contributed by atoms with Gasteiger partial charge in [-0.15, -0.1) is 0 Å². The summed E-state index contributed by atoms with van der Waals surface area (Å²) in [5, 5.41) is 7.74. The lowest BCUT2D eigenvalue weighted by molar-refractivity contribution is 0.370. The lowest BCUT2D eigenvalue weighted by Gasteiger charge is -2.37. The maximum atomic E-state index is 4.43. The van der Waals surface area contributed by atoms with Gasteiger partial charge in [0.05, 0.1) is 12.7 Å². The number of guanidine groups is 1. The van der Waals surface area contributed by atoms with Crippen LogP contribution in [-0.4, -0.2) is 65.4 Å². The Morgan fingerprint density at radius 2 is 2.08 bits per heavy atom. The largest absolute Gasteiger partial charge is 0.354 e. The van der Waals surface area contributed by atoms with E-state index >= 15 is 0 Å². The molecule has 2 aromatic rings. The zero-order valence-electron chi connectivity index (χ0n) is 14.4. The summed E-state index contributed by atoms with van der Waals surface area (Å²) in [6.45, 7) is 7.49. The molecule has 2 aromatic heterocycles. The molecule has 3 rings (SSSR count). The molecule has 7 heteroatoms. The van der Waals surface area contributed by atoms with E-state index in [1.165, 1.54) is 5.56 Å². The van der Waals surface area contributed by atoms with Crippen molar-refractivity contribution in [3.63, 3.8) is 0 Å². The van der Waals surface area contributed by atoms with E-state index in [-0.39, 0.29) is 0 Å². The van der Waals surface area contributed by atoms with Crippen LogP contribution in [0.5, 0.6) is 0 Å². The van der Waals surface area contributed by atoms with Crippen molar-refractivity contribution in [1.82, 2.24) is 25.0 Å². The predicted molar refractivity (Wildman–Crippen MR) is 96.3 cm³/mol. The van der Waals surface area contributed by atoms with Gasteiger partial charge in [0.2, 0.25) is 0 Å². The Kier molecular flexibility index (Phi) is 5.30. The molecular weight excluding hydrogens is 302 g/mol. The van der Waals surface area contributed by atoms with Crippen LogP contribution in [0.1, 0.15) is 5.56 Å². The minimum atomic E-state index is 0.814. The maximum Gasteiger partial charge on any atom is 0.193 e. The normalized spacial score (nSPS) is 15.7. The number of hydrogen-bond acceptors (Lipinski definition) is 4. The van der Waals surface area contributed by atoms with Crippen molar-refractivity contribution in [2.75, 3.05) is 44.7 Å². The third-order valence-electron chi connectivity index (χ3n) is 4.15. The van der Waals surface area contributed by atoms with E-state index in [4.69, 9.17) is 0 Å². The van der Waals surface area contributed by atoms with E-state index in [1.54, 1.807) is 0 Å². The van der Waals surface area contributed by atoms with Gasteiger partial charge < -0.3 is 15.1 Å². The van der Waals surface area contributed by atoms with Crippen LogP contribution >= 0.6 is 0 Å². The zero-order chi connectivity index (χ0) is 16.8. The first-order valence-corrected chi connectivity index (χ1v) is 8.37.